The minimum absolute atomic E-state index is 0.185. The number of hydrogen-bond acceptors (Lipinski definition) is 4. The molecular weight excluding hydrogens is 254 g/mol. The van der Waals surface area contributed by atoms with Crippen LogP contribution in [0.3, 0.4) is 0 Å². The van der Waals surface area contributed by atoms with Crippen molar-refractivity contribution in [2.24, 2.45) is 5.84 Å². The van der Waals surface area contributed by atoms with E-state index >= 15 is 0 Å². The summed E-state index contributed by atoms with van der Waals surface area (Å²) in [6.07, 6.45) is 4.99. The van der Waals surface area contributed by atoms with Crippen molar-refractivity contribution in [2.75, 3.05) is 13.2 Å². The maximum atomic E-state index is 11.4. The number of nitrogens with one attached hydrogen (secondary N) is 1. The normalized spacial score (nSPS) is 15.8. The maximum Gasteiger partial charge on any atom is 0.265 e. The van der Waals surface area contributed by atoms with E-state index in [2.05, 4.69) is 10.3 Å². The quantitative estimate of drug-likeness (QED) is 0.412. The van der Waals surface area contributed by atoms with E-state index in [1.54, 1.807) is 12.1 Å². The summed E-state index contributed by atoms with van der Waals surface area (Å²) in [5.74, 6) is 4.83. The molecule has 0 radical (unpaired) electrons. The Kier molecular flexibility index (Phi) is 5.52. The van der Waals surface area contributed by atoms with Crippen molar-refractivity contribution >= 4 is 5.91 Å². The number of carbonyl (C=O) groups is 1. The molecule has 0 unspecified atom stereocenters. The van der Waals surface area contributed by atoms with Crippen LogP contribution < -0.4 is 11.3 Å². The highest BCUT2D eigenvalue weighted by Gasteiger charge is 2.22. The minimum atomic E-state index is -0.278. The molecule has 0 spiro atoms. The van der Waals surface area contributed by atoms with E-state index in [-0.39, 0.29) is 12.5 Å². The zero-order valence-corrected chi connectivity index (χ0v) is 11.7. The number of nitrogen functional groups attached to an aromatic ring is 1. The molecule has 0 saturated heterocycles. The van der Waals surface area contributed by atoms with Gasteiger partial charge in [0, 0.05) is 24.7 Å². The molecule has 110 valence electrons. The van der Waals surface area contributed by atoms with Gasteiger partial charge in [0.05, 0.1) is 6.61 Å². The summed E-state index contributed by atoms with van der Waals surface area (Å²) in [6, 6.07) is 8.04. The Bertz CT molecular complexity index is 427. The highest BCUT2D eigenvalue weighted by molar-refractivity contribution is 5.93. The van der Waals surface area contributed by atoms with E-state index in [1.807, 2.05) is 12.1 Å². The van der Waals surface area contributed by atoms with Crippen LogP contribution in [0.4, 0.5) is 0 Å². The van der Waals surface area contributed by atoms with Crippen molar-refractivity contribution in [3.05, 3.63) is 35.4 Å². The number of nitrogens with two attached hydrogens (primary N) is 1. The van der Waals surface area contributed by atoms with Crippen molar-refractivity contribution in [3.63, 3.8) is 0 Å². The first kappa shape index (κ1) is 15.0. The Morgan fingerprint density at radius 1 is 1.30 bits per heavy atom. The molecule has 2 rings (SSSR count). The first-order chi connectivity index (χ1) is 9.74. The number of rotatable bonds is 6. The first-order valence-electron chi connectivity index (χ1n) is 7.19. The largest absolute Gasteiger partial charge is 0.395 e. The number of benzene rings is 1. The van der Waals surface area contributed by atoms with Gasteiger partial charge in [0.25, 0.3) is 5.91 Å². The van der Waals surface area contributed by atoms with E-state index < -0.39 is 0 Å². The van der Waals surface area contributed by atoms with Gasteiger partial charge in [-0.15, -0.1) is 0 Å². The predicted molar refractivity (Wildman–Crippen MR) is 77.8 cm³/mol. The summed E-state index contributed by atoms with van der Waals surface area (Å²) in [7, 11) is 0. The average molecular weight is 277 g/mol. The molecule has 1 aromatic carbocycles. The van der Waals surface area contributed by atoms with Gasteiger partial charge in [0.1, 0.15) is 0 Å². The van der Waals surface area contributed by atoms with E-state index in [9.17, 15) is 9.90 Å². The van der Waals surface area contributed by atoms with Crippen molar-refractivity contribution in [3.8, 4) is 0 Å². The second kappa shape index (κ2) is 7.38. The van der Waals surface area contributed by atoms with Crippen LogP contribution in [0.25, 0.3) is 0 Å². The molecular formula is C15H23N3O2. The van der Waals surface area contributed by atoms with Gasteiger partial charge in [-0.25, -0.2) is 5.84 Å². The van der Waals surface area contributed by atoms with E-state index in [0.717, 1.165) is 12.1 Å². The highest BCUT2D eigenvalue weighted by atomic mass is 16.3. The maximum absolute atomic E-state index is 11.4. The van der Waals surface area contributed by atoms with E-state index in [0.29, 0.717) is 18.2 Å². The fourth-order valence-corrected chi connectivity index (χ4v) is 2.87. The van der Waals surface area contributed by atoms with Crippen molar-refractivity contribution in [2.45, 2.75) is 38.3 Å². The topological polar surface area (TPSA) is 78.6 Å². The van der Waals surface area contributed by atoms with Crippen molar-refractivity contribution in [1.29, 1.82) is 0 Å². The zero-order chi connectivity index (χ0) is 14.4. The monoisotopic (exact) mass is 277 g/mol. The third kappa shape index (κ3) is 3.79. The van der Waals surface area contributed by atoms with Gasteiger partial charge in [0.2, 0.25) is 0 Å². The molecule has 1 aliphatic carbocycles. The Hall–Kier alpha value is -1.43. The number of hydrogen-bond donors (Lipinski definition) is 3. The molecule has 20 heavy (non-hydrogen) atoms. The lowest BCUT2D eigenvalue weighted by molar-refractivity contribution is 0.0953. The summed E-state index contributed by atoms with van der Waals surface area (Å²) in [4.78, 5) is 13.7. The Morgan fingerprint density at radius 3 is 2.50 bits per heavy atom. The lowest BCUT2D eigenvalue weighted by Gasteiger charge is -2.28. The number of aliphatic hydroxyl groups is 1. The van der Waals surface area contributed by atoms with Crippen LogP contribution in [-0.4, -0.2) is 35.1 Å². The third-order valence-electron chi connectivity index (χ3n) is 3.96. The van der Waals surface area contributed by atoms with Crippen LogP contribution in [0.2, 0.25) is 0 Å². The molecule has 1 aromatic rings. The fourth-order valence-electron chi connectivity index (χ4n) is 2.87. The van der Waals surface area contributed by atoms with Crippen LogP contribution >= 0.6 is 0 Å². The van der Waals surface area contributed by atoms with Gasteiger partial charge >= 0.3 is 0 Å². The van der Waals surface area contributed by atoms with E-state index in [4.69, 9.17) is 5.84 Å². The minimum Gasteiger partial charge on any atom is -0.395 e. The predicted octanol–water partition coefficient (Wildman–Crippen LogP) is 1.03. The number of aliphatic hydroxyl groups excluding tert-OH is 1. The van der Waals surface area contributed by atoms with Gasteiger partial charge in [-0.1, -0.05) is 25.0 Å². The van der Waals surface area contributed by atoms with Crippen LogP contribution in [0, 0.1) is 0 Å². The summed E-state index contributed by atoms with van der Waals surface area (Å²) in [6.45, 7) is 1.70. The molecule has 5 nitrogen and oxygen atoms in total. The lowest BCUT2D eigenvalue weighted by atomic mass is 10.1. The molecule has 4 N–H and O–H groups in total. The second-order valence-corrected chi connectivity index (χ2v) is 5.30. The first-order valence-corrected chi connectivity index (χ1v) is 7.19. The summed E-state index contributed by atoms with van der Waals surface area (Å²) in [5, 5.41) is 9.22. The Labute approximate surface area is 119 Å². The van der Waals surface area contributed by atoms with Gasteiger partial charge in [-0.2, -0.15) is 0 Å². The molecule has 0 aromatic heterocycles. The summed E-state index contributed by atoms with van der Waals surface area (Å²) >= 11 is 0. The molecule has 0 heterocycles. The van der Waals surface area contributed by atoms with Crippen molar-refractivity contribution < 1.29 is 9.90 Å². The molecule has 0 bridgehead atoms. The Morgan fingerprint density at radius 2 is 1.95 bits per heavy atom. The molecule has 1 fully saturated rings. The Balaban J connectivity index is 2.00. The van der Waals surface area contributed by atoms with Crippen LogP contribution in [0.1, 0.15) is 41.6 Å². The molecule has 1 saturated carbocycles. The smallest absolute Gasteiger partial charge is 0.265 e. The number of nitrogens with zero attached hydrogens (tertiary/aromatic N) is 1. The van der Waals surface area contributed by atoms with Crippen LogP contribution in [0.15, 0.2) is 24.3 Å². The summed E-state index contributed by atoms with van der Waals surface area (Å²) in [5.41, 5.74) is 3.84. The molecule has 0 atom stereocenters. The van der Waals surface area contributed by atoms with E-state index in [1.165, 1.54) is 25.7 Å². The second-order valence-electron chi connectivity index (χ2n) is 5.30. The van der Waals surface area contributed by atoms with Crippen molar-refractivity contribution in [1.82, 2.24) is 10.3 Å². The third-order valence-corrected chi connectivity index (χ3v) is 3.96. The number of carbonyl (C=O) groups excluding carboxylic acids is 1. The van der Waals surface area contributed by atoms with Crippen LogP contribution in [-0.2, 0) is 6.54 Å². The molecule has 1 aliphatic rings. The highest BCUT2D eigenvalue weighted by Crippen LogP contribution is 2.24. The number of hydrazine groups is 1. The SMILES string of the molecule is NNC(=O)c1ccc(CN(CCO)C2CCCC2)cc1. The van der Waals surface area contributed by atoms with Gasteiger partial charge in [-0.3, -0.25) is 15.1 Å². The van der Waals surface area contributed by atoms with Gasteiger partial charge < -0.3 is 5.11 Å². The zero-order valence-electron chi connectivity index (χ0n) is 11.7. The molecule has 1 amide bonds. The standard InChI is InChI=1S/C15H23N3O2/c16-17-15(20)13-7-5-12(6-8-13)11-18(9-10-19)14-3-1-2-4-14/h5-8,14,19H,1-4,9-11,16H2,(H,17,20). The van der Waals surface area contributed by atoms with Crippen LogP contribution in [0.5, 0.6) is 0 Å². The van der Waals surface area contributed by atoms with Gasteiger partial charge in [-0.05, 0) is 30.5 Å². The summed E-state index contributed by atoms with van der Waals surface area (Å²) < 4.78 is 0. The average Bonchev–Trinajstić information content (AvgIpc) is 3.01. The van der Waals surface area contributed by atoms with Gasteiger partial charge in [0.15, 0.2) is 0 Å². The fraction of sp³-hybridized carbons (Fsp3) is 0.533. The molecule has 5 heteroatoms. The number of amides is 1. The lowest BCUT2D eigenvalue weighted by Crippen LogP contribution is -2.35. The molecule has 0 aliphatic heterocycles.